The van der Waals surface area contributed by atoms with Crippen molar-refractivity contribution in [2.45, 2.75) is 70.9 Å². The molecule has 0 spiro atoms. The average Bonchev–Trinajstić information content (AvgIpc) is 3.62. The first kappa shape index (κ1) is 25.9. The van der Waals surface area contributed by atoms with Crippen LogP contribution in [0.4, 0.5) is 0 Å². The Morgan fingerprint density at radius 2 is 1.95 bits per heavy atom. The van der Waals surface area contributed by atoms with Gasteiger partial charge in [-0.25, -0.2) is 9.98 Å². The molecule has 0 saturated carbocycles. The van der Waals surface area contributed by atoms with Crippen molar-refractivity contribution < 1.29 is 14.7 Å². The summed E-state index contributed by atoms with van der Waals surface area (Å²) >= 11 is 2.96. The molecule has 2 amide bonds. The fraction of sp³-hybridized carbons (Fsp3) is 0.464. The van der Waals surface area contributed by atoms with Crippen molar-refractivity contribution in [1.29, 1.82) is 0 Å². The molecule has 4 atom stereocenters. The zero-order valence-corrected chi connectivity index (χ0v) is 23.4. The predicted octanol–water partition coefficient (Wildman–Crippen LogP) is 4.91. The van der Waals surface area contributed by atoms with Gasteiger partial charge in [-0.3, -0.25) is 9.59 Å². The largest absolute Gasteiger partial charge is 0.391 e. The Morgan fingerprint density at radius 1 is 1.22 bits per heavy atom. The topological polar surface area (TPSA) is 95.8 Å². The number of aliphatic hydroxyl groups is 1. The third-order valence-electron chi connectivity index (χ3n) is 7.61. The summed E-state index contributed by atoms with van der Waals surface area (Å²) < 4.78 is 4.38. The van der Waals surface area contributed by atoms with Crippen molar-refractivity contribution in [2.75, 3.05) is 6.54 Å². The minimum atomic E-state index is -0.800. The molecule has 2 aromatic heterocycles. The van der Waals surface area contributed by atoms with Gasteiger partial charge < -0.3 is 10.0 Å². The van der Waals surface area contributed by atoms with Crippen LogP contribution >= 0.6 is 22.9 Å². The van der Waals surface area contributed by atoms with Gasteiger partial charge in [0.25, 0.3) is 5.91 Å². The lowest BCUT2D eigenvalue weighted by molar-refractivity contribution is -0.134. The Hall–Kier alpha value is -2.75. The molecule has 4 heterocycles. The van der Waals surface area contributed by atoms with E-state index in [1.54, 1.807) is 16.2 Å². The van der Waals surface area contributed by atoms with Crippen LogP contribution in [0.2, 0.25) is 0 Å². The highest BCUT2D eigenvalue weighted by Gasteiger charge is 2.48. The number of benzene rings is 1. The minimum absolute atomic E-state index is 0.0340. The van der Waals surface area contributed by atoms with Crippen LogP contribution in [0.3, 0.4) is 0 Å². The summed E-state index contributed by atoms with van der Waals surface area (Å²) in [5, 5.41) is 10.6. The average molecular weight is 537 g/mol. The second-order valence-corrected chi connectivity index (χ2v) is 12.4. The van der Waals surface area contributed by atoms with Gasteiger partial charge in [-0.1, -0.05) is 38.1 Å². The second-order valence-electron chi connectivity index (χ2n) is 10.7. The smallest absolute Gasteiger partial charge is 0.256 e. The number of aryl methyl sites for hydroxylation is 2. The van der Waals surface area contributed by atoms with E-state index in [1.807, 2.05) is 70.5 Å². The Morgan fingerprint density at radius 3 is 2.54 bits per heavy atom. The van der Waals surface area contributed by atoms with Crippen molar-refractivity contribution in [1.82, 2.24) is 14.3 Å². The Balaban J connectivity index is 1.39. The standard InChI is InChI=1S/C28H32N4O3S2/c1-15(2)24(23-10-16(3)31-37-23)26(34)32-13-20(33)11-22(32)21-12-28(5,27(35)30-21)19-8-6-18(7-9-19)25-17(4)29-14-36-25/h6-10,14-15,20,22,24,33H,11-13H2,1-5H3/t20-,22-,24-,28+/m1/s1. The van der Waals surface area contributed by atoms with E-state index in [0.29, 0.717) is 18.6 Å². The van der Waals surface area contributed by atoms with E-state index >= 15 is 0 Å². The zero-order chi connectivity index (χ0) is 26.5. The summed E-state index contributed by atoms with van der Waals surface area (Å²) in [6.45, 7) is 10.2. The number of β-amino-alcohol motifs (C(OH)–C–C–N with tert-alkyl or cyclic N) is 1. The van der Waals surface area contributed by atoms with E-state index in [1.165, 1.54) is 11.5 Å². The molecule has 2 aliphatic rings. The maximum Gasteiger partial charge on any atom is 0.256 e. The van der Waals surface area contributed by atoms with Crippen LogP contribution in [-0.4, -0.2) is 55.6 Å². The predicted molar refractivity (Wildman–Crippen MR) is 147 cm³/mol. The van der Waals surface area contributed by atoms with E-state index in [4.69, 9.17) is 0 Å². The van der Waals surface area contributed by atoms with Crippen molar-refractivity contribution in [2.24, 2.45) is 10.9 Å². The first-order chi connectivity index (χ1) is 17.6. The molecule has 7 nitrogen and oxygen atoms in total. The maximum atomic E-state index is 13.8. The number of rotatable bonds is 6. The van der Waals surface area contributed by atoms with Crippen LogP contribution < -0.4 is 0 Å². The van der Waals surface area contributed by atoms with Crippen molar-refractivity contribution in [3.63, 3.8) is 0 Å². The molecule has 2 aliphatic heterocycles. The Kier molecular flexibility index (Phi) is 6.89. The van der Waals surface area contributed by atoms with Gasteiger partial charge in [0.2, 0.25) is 5.91 Å². The van der Waals surface area contributed by atoms with Gasteiger partial charge in [0.1, 0.15) is 0 Å². The third kappa shape index (κ3) is 4.69. The highest BCUT2D eigenvalue weighted by molar-refractivity contribution is 7.13. The summed E-state index contributed by atoms with van der Waals surface area (Å²) in [4.78, 5) is 39.8. The second kappa shape index (κ2) is 9.85. The molecule has 0 aliphatic carbocycles. The monoisotopic (exact) mass is 536 g/mol. The molecule has 3 aromatic rings. The molecule has 5 rings (SSSR count). The number of hydrogen-bond acceptors (Lipinski definition) is 7. The maximum absolute atomic E-state index is 13.8. The van der Waals surface area contributed by atoms with Crippen molar-refractivity contribution in [3.05, 3.63) is 57.7 Å². The van der Waals surface area contributed by atoms with Crippen LogP contribution in [0.5, 0.6) is 0 Å². The molecule has 1 fully saturated rings. The lowest BCUT2D eigenvalue weighted by Gasteiger charge is -2.30. The summed E-state index contributed by atoms with van der Waals surface area (Å²) in [7, 11) is 0. The first-order valence-electron chi connectivity index (χ1n) is 12.6. The number of carbonyl (C=O) groups excluding carboxylic acids is 2. The number of hydrogen-bond donors (Lipinski definition) is 1. The van der Waals surface area contributed by atoms with Gasteiger partial charge in [0.05, 0.1) is 45.3 Å². The lowest BCUT2D eigenvalue weighted by Crippen LogP contribution is -2.44. The molecule has 0 radical (unpaired) electrons. The zero-order valence-electron chi connectivity index (χ0n) is 21.8. The normalized spacial score (nSPS) is 24.7. The van der Waals surface area contributed by atoms with Gasteiger partial charge in [0, 0.05) is 30.0 Å². The molecule has 1 saturated heterocycles. The molecule has 37 heavy (non-hydrogen) atoms. The van der Waals surface area contributed by atoms with Crippen LogP contribution in [-0.2, 0) is 15.0 Å². The van der Waals surface area contributed by atoms with E-state index in [0.717, 1.165) is 32.3 Å². The van der Waals surface area contributed by atoms with Crippen LogP contribution in [0.15, 0.2) is 40.8 Å². The van der Waals surface area contributed by atoms with E-state index in [2.05, 4.69) is 14.3 Å². The van der Waals surface area contributed by atoms with Crippen LogP contribution in [0.1, 0.15) is 61.4 Å². The van der Waals surface area contributed by atoms with Gasteiger partial charge in [-0.05, 0) is 55.4 Å². The fourth-order valence-corrected chi connectivity index (χ4v) is 7.36. The molecule has 0 unspecified atom stereocenters. The van der Waals surface area contributed by atoms with E-state index in [-0.39, 0.29) is 36.2 Å². The molecular weight excluding hydrogens is 504 g/mol. The number of aromatic nitrogens is 2. The molecule has 9 heteroatoms. The number of likely N-dealkylation sites (tertiary alicyclic amines) is 1. The highest BCUT2D eigenvalue weighted by atomic mass is 32.1. The summed E-state index contributed by atoms with van der Waals surface area (Å²) in [6, 6.07) is 9.65. The van der Waals surface area contributed by atoms with Gasteiger partial charge in [0.15, 0.2) is 0 Å². The molecular formula is C28H32N4O3S2. The SMILES string of the molecule is Cc1cc([C@H](C(=O)N2C[C@H](O)C[C@@H]2C2=NC(=O)[C@](C)(c3ccc(-c4scnc4C)cc3)C2)C(C)C)sn1. The van der Waals surface area contributed by atoms with Gasteiger partial charge in [-0.2, -0.15) is 4.37 Å². The van der Waals surface area contributed by atoms with Crippen LogP contribution in [0, 0.1) is 19.8 Å². The van der Waals surface area contributed by atoms with Crippen molar-refractivity contribution in [3.8, 4) is 10.4 Å². The van der Waals surface area contributed by atoms with Crippen molar-refractivity contribution >= 4 is 40.4 Å². The Bertz CT molecular complexity index is 1360. The number of aliphatic hydroxyl groups excluding tert-OH is 1. The fourth-order valence-electron chi connectivity index (χ4n) is 5.53. The molecule has 194 valence electrons. The number of carbonyl (C=O) groups is 2. The molecule has 0 bridgehead atoms. The number of amides is 2. The highest BCUT2D eigenvalue weighted by Crippen LogP contribution is 2.40. The van der Waals surface area contributed by atoms with Crippen LogP contribution in [0.25, 0.3) is 10.4 Å². The molecule has 1 aromatic carbocycles. The van der Waals surface area contributed by atoms with E-state index in [9.17, 15) is 14.7 Å². The number of aliphatic imine (C=N–C) groups is 1. The lowest BCUT2D eigenvalue weighted by atomic mass is 9.78. The summed E-state index contributed by atoms with van der Waals surface area (Å²) in [6.07, 6.45) is 0.179. The minimum Gasteiger partial charge on any atom is -0.391 e. The quantitative estimate of drug-likeness (QED) is 0.483. The summed E-state index contributed by atoms with van der Waals surface area (Å²) in [5.74, 6) is -0.501. The summed E-state index contributed by atoms with van der Waals surface area (Å²) in [5.41, 5.74) is 5.59. The first-order valence-corrected chi connectivity index (χ1v) is 14.3. The van der Waals surface area contributed by atoms with E-state index < -0.39 is 11.5 Å². The number of thiazole rings is 1. The third-order valence-corrected chi connectivity index (χ3v) is 9.55. The Labute approximate surface area is 225 Å². The van der Waals surface area contributed by atoms with Gasteiger partial charge in [-0.15, -0.1) is 11.3 Å². The molecule has 1 N–H and O–H groups in total. The number of nitrogens with zero attached hydrogens (tertiary/aromatic N) is 4. The van der Waals surface area contributed by atoms with Gasteiger partial charge >= 0.3 is 0 Å².